The van der Waals surface area contributed by atoms with E-state index >= 15 is 0 Å². The van der Waals surface area contributed by atoms with E-state index in [1.165, 1.54) is 14.7 Å². The molecule has 1 saturated heterocycles. The van der Waals surface area contributed by atoms with Crippen LogP contribution in [0.1, 0.15) is 18.4 Å². The van der Waals surface area contributed by atoms with Gasteiger partial charge in [0, 0.05) is 31.2 Å². The average Bonchev–Trinajstić information content (AvgIpc) is 3.35. The van der Waals surface area contributed by atoms with Crippen molar-refractivity contribution < 1.29 is 16.8 Å². The van der Waals surface area contributed by atoms with Gasteiger partial charge in [-0.25, -0.2) is 16.8 Å². The van der Waals surface area contributed by atoms with Crippen molar-refractivity contribution in [3.63, 3.8) is 0 Å². The number of benzene rings is 1. The highest BCUT2D eigenvalue weighted by molar-refractivity contribution is 7.90. The van der Waals surface area contributed by atoms with E-state index in [9.17, 15) is 16.8 Å². The van der Waals surface area contributed by atoms with Crippen molar-refractivity contribution in [2.45, 2.75) is 29.9 Å². The molecule has 0 spiro atoms. The quantitative estimate of drug-likeness (QED) is 0.794. The van der Waals surface area contributed by atoms with Gasteiger partial charge in [0.05, 0.1) is 10.1 Å². The van der Waals surface area contributed by atoms with Gasteiger partial charge in [-0.2, -0.15) is 8.61 Å². The summed E-state index contributed by atoms with van der Waals surface area (Å²) >= 11 is 6.01. The average molecular weight is 379 g/mol. The molecule has 6 nitrogen and oxygen atoms in total. The fourth-order valence-corrected chi connectivity index (χ4v) is 6.47. The van der Waals surface area contributed by atoms with Crippen LogP contribution in [0.25, 0.3) is 0 Å². The molecule has 0 bridgehead atoms. The van der Waals surface area contributed by atoms with Crippen LogP contribution in [0.3, 0.4) is 0 Å². The molecule has 3 rings (SSSR count). The van der Waals surface area contributed by atoms with Gasteiger partial charge in [-0.3, -0.25) is 0 Å². The maximum absolute atomic E-state index is 12.8. The highest BCUT2D eigenvalue weighted by Crippen LogP contribution is 2.32. The van der Waals surface area contributed by atoms with Crippen molar-refractivity contribution in [1.29, 1.82) is 0 Å². The van der Waals surface area contributed by atoms with E-state index in [0.29, 0.717) is 23.4 Å². The molecule has 2 fully saturated rings. The molecule has 0 amide bonds. The first-order valence-corrected chi connectivity index (χ1v) is 10.8. The Labute approximate surface area is 142 Å². The first kappa shape index (κ1) is 17.2. The van der Waals surface area contributed by atoms with E-state index in [0.717, 1.165) is 0 Å². The molecule has 2 aliphatic rings. The largest absolute Gasteiger partial charge is 0.243 e. The summed E-state index contributed by atoms with van der Waals surface area (Å²) in [6.07, 6.45) is 1.42. The van der Waals surface area contributed by atoms with Crippen LogP contribution in [0.5, 0.6) is 0 Å². The molecule has 0 atom stereocenters. The van der Waals surface area contributed by atoms with E-state index in [2.05, 4.69) is 0 Å². The van der Waals surface area contributed by atoms with E-state index < -0.39 is 20.0 Å². The Morgan fingerprint density at radius 3 is 2.13 bits per heavy atom. The summed E-state index contributed by atoms with van der Waals surface area (Å²) in [5.74, 6) is 0. The third-order valence-electron chi connectivity index (χ3n) is 4.34. The minimum absolute atomic E-state index is 0.167. The molecule has 0 aromatic heterocycles. The lowest BCUT2D eigenvalue weighted by molar-refractivity contribution is 0.272. The summed E-state index contributed by atoms with van der Waals surface area (Å²) in [4.78, 5) is 0.184. The van der Waals surface area contributed by atoms with Crippen molar-refractivity contribution in [2.75, 3.05) is 26.2 Å². The van der Waals surface area contributed by atoms with Crippen LogP contribution in [0.2, 0.25) is 5.02 Å². The molecule has 1 saturated carbocycles. The van der Waals surface area contributed by atoms with Gasteiger partial charge < -0.3 is 0 Å². The van der Waals surface area contributed by atoms with Crippen molar-refractivity contribution in [1.82, 2.24) is 8.61 Å². The van der Waals surface area contributed by atoms with E-state index in [-0.39, 0.29) is 36.3 Å². The van der Waals surface area contributed by atoms with Gasteiger partial charge in [-0.15, -0.1) is 0 Å². The second kappa shape index (κ2) is 6.00. The topological polar surface area (TPSA) is 74.8 Å². The lowest BCUT2D eigenvalue weighted by Gasteiger charge is -2.33. The summed E-state index contributed by atoms with van der Waals surface area (Å²) in [5.41, 5.74) is 0.516. The molecule has 0 radical (unpaired) electrons. The monoisotopic (exact) mass is 378 g/mol. The Balaban J connectivity index is 1.78. The van der Waals surface area contributed by atoms with Gasteiger partial charge in [0.25, 0.3) is 0 Å². The van der Waals surface area contributed by atoms with Crippen LogP contribution >= 0.6 is 11.6 Å². The number of hydrogen-bond donors (Lipinski definition) is 0. The second-order valence-corrected chi connectivity index (χ2v) is 10.4. The lowest BCUT2D eigenvalue weighted by atomic mass is 10.2. The van der Waals surface area contributed by atoms with Crippen LogP contribution in [-0.4, -0.2) is 56.9 Å². The van der Waals surface area contributed by atoms with Gasteiger partial charge in [0.1, 0.15) is 0 Å². The van der Waals surface area contributed by atoms with Gasteiger partial charge in [-0.1, -0.05) is 17.7 Å². The summed E-state index contributed by atoms with van der Waals surface area (Å²) in [5, 5.41) is 0.141. The third kappa shape index (κ3) is 3.15. The number of nitrogens with zero attached hydrogens (tertiary/aromatic N) is 2. The molecule has 9 heteroatoms. The van der Waals surface area contributed by atoms with Gasteiger partial charge >= 0.3 is 0 Å². The summed E-state index contributed by atoms with van der Waals surface area (Å²) < 4.78 is 52.7. The van der Waals surface area contributed by atoms with Crippen molar-refractivity contribution in [2.24, 2.45) is 0 Å². The van der Waals surface area contributed by atoms with Crippen molar-refractivity contribution in [3.05, 3.63) is 28.8 Å². The minimum atomic E-state index is -3.66. The maximum atomic E-state index is 12.8. The first-order valence-electron chi connectivity index (χ1n) is 7.49. The molecular formula is C14H19ClN2O4S2. The number of hydrogen-bond acceptors (Lipinski definition) is 4. The van der Waals surface area contributed by atoms with Crippen LogP contribution in [0.4, 0.5) is 0 Å². The smallest absolute Gasteiger partial charge is 0.212 e. The molecule has 1 aliphatic carbocycles. The Hall–Kier alpha value is -0.670. The number of halogens is 1. The second-order valence-electron chi connectivity index (χ2n) is 5.91. The summed E-state index contributed by atoms with van der Waals surface area (Å²) in [6.45, 7) is 2.42. The molecule has 23 heavy (non-hydrogen) atoms. The maximum Gasteiger partial charge on any atom is 0.243 e. The zero-order chi connectivity index (χ0) is 16.8. The minimum Gasteiger partial charge on any atom is -0.212 e. The van der Waals surface area contributed by atoms with Crippen LogP contribution < -0.4 is 0 Å². The predicted octanol–water partition coefficient (Wildman–Crippen LogP) is 1.45. The normalized spacial score (nSPS) is 21.5. The van der Waals surface area contributed by atoms with Gasteiger partial charge in [0.2, 0.25) is 20.0 Å². The number of piperazine rings is 1. The van der Waals surface area contributed by atoms with Crippen LogP contribution in [-0.2, 0) is 20.0 Å². The van der Waals surface area contributed by atoms with Gasteiger partial charge in [0.15, 0.2) is 0 Å². The molecular weight excluding hydrogens is 360 g/mol. The highest BCUT2D eigenvalue weighted by Gasteiger charge is 2.42. The summed E-state index contributed by atoms with van der Waals surface area (Å²) in [6, 6.07) is 4.79. The first-order chi connectivity index (χ1) is 10.7. The fraction of sp³-hybridized carbons (Fsp3) is 0.571. The molecule has 0 N–H and O–H groups in total. The third-order valence-corrected chi connectivity index (χ3v) is 9.19. The van der Waals surface area contributed by atoms with E-state index in [1.54, 1.807) is 19.1 Å². The molecule has 1 aromatic carbocycles. The number of rotatable bonds is 4. The zero-order valence-electron chi connectivity index (χ0n) is 12.8. The summed E-state index contributed by atoms with van der Waals surface area (Å²) in [7, 11) is -6.91. The van der Waals surface area contributed by atoms with E-state index in [1.807, 2.05) is 0 Å². The molecule has 1 aromatic rings. The van der Waals surface area contributed by atoms with Crippen LogP contribution in [0, 0.1) is 6.92 Å². The van der Waals surface area contributed by atoms with E-state index in [4.69, 9.17) is 11.6 Å². The Kier molecular flexibility index (Phi) is 4.48. The van der Waals surface area contributed by atoms with Crippen molar-refractivity contribution >= 4 is 31.6 Å². The zero-order valence-corrected chi connectivity index (χ0v) is 15.2. The Bertz CT molecular complexity index is 811. The predicted molar refractivity (Wildman–Crippen MR) is 88.5 cm³/mol. The van der Waals surface area contributed by atoms with Crippen LogP contribution in [0.15, 0.2) is 23.1 Å². The Morgan fingerprint density at radius 2 is 1.57 bits per heavy atom. The highest BCUT2D eigenvalue weighted by atomic mass is 35.5. The van der Waals surface area contributed by atoms with Crippen molar-refractivity contribution in [3.8, 4) is 0 Å². The Morgan fingerprint density at radius 1 is 1.00 bits per heavy atom. The standard InChI is InChI=1S/C14H19ClN2O4S2/c1-11-13(15)3-2-4-14(11)23(20,21)17-9-7-16(8-10-17)22(18,19)12-5-6-12/h2-4,12H,5-10H2,1H3. The molecule has 1 aliphatic heterocycles. The molecule has 128 valence electrons. The number of sulfonamides is 2. The molecule has 0 unspecified atom stereocenters. The fourth-order valence-electron chi connectivity index (χ4n) is 2.75. The van der Waals surface area contributed by atoms with Gasteiger partial charge in [-0.05, 0) is 37.5 Å². The SMILES string of the molecule is Cc1c(Cl)cccc1S(=O)(=O)N1CCN(S(=O)(=O)C2CC2)CC1. The molecule has 1 heterocycles. The lowest BCUT2D eigenvalue weighted by Crippen LogP contribution is -2.51.